The van der Waals surface area contributed by atoms with Crippen molar-refractivity contribution in [3.05, 3.63) is 35.1 Å². The molecule has 2 N–H and O–H groups in total. The maximum Gasteiger partial charge on any atom is 0.273 e. The van der Waals surface area contributed by atoms with E-state index in [1.807, 2.05) is 11.0 Å². The number of amides is 1. The van der Waals surface area contributed by atoms with Gasteiger partial charge in [0.25, 0.3) is 5.91 Å². The van der Waals surface area contributed by atoms with Gasteiger partial charge in [0.15, 0.2) is 0 Å². The van der Waals surface area contributed by atoms with Gasteiger partial charge in [0.2, 0.25) is 0 Å². The maximum atomic E-state index is 12.7. The molecule has 1 aliphatic rings. The third-order valence-electron chi connectivity index (χ3n) is 3.93. The highest BCUT2D eigenvalue weighted by molar-refractivity contribution is 6.34. The molecule has 2 aromatic rings. The minimum Gasteiger partial charge on any atom is -0.397 e. The van der Waals surface area contributed by atoms with Gasteiger partial charge in [0, 0.05) is 43.1 Å². The van der Waals surface area contributed by atoms with Crippen molar-refractivity contribution in [2.45, 2.75) is 0 Å². The lowest BCUT2D eigenvalue weighted by Crippen LogP contribution is -2.47. The van der Waals surface area contributed by atoms with Gasteiger partial charge < -0.3 is 15.5 Å². The summed E-state index contributed by atoms with van der Waals surface area (Å²) in [6.45, 7) is 3.20. The summed E-state index contributed by atoms with van der Waals surface area (Å²) in [4.78, 5) is 21.0. The molecule has 1 amide bonds. The van der Waals surface area contributed by atoms with Gasteiger partial charge in [-0.2, -0.15) is 0 Å². The fourth-order valence-electron chi connectivity index (χ4n) is 2.58. The van der Waals surface area contributed by atoms with Crippen molar-refractivity contribution in [3.8, 4) is 0 Å². The van der Waals surface area contributed by atoms with Crippen LogP contribution in [0.15, 0.2) is 24.4 Å². The van der Waals surface area contributed by atoms with Gasteiger partial charge in [-0.25, -0.2) is 0 Å². The van der Waals surface area contributed by atoms with Crippen molar-refractivity contribution in [1.29, 1.82) is 0 Å². The first-order chi connectivity index (χ1) is 10.1. The fourth-order valence-corrected chi connectivity index (χ4v) is 2.75. The van der Waals surface area contributed by atoms with Crippen molar-refractivity contribution >= 4 is 34.0 Å². The number of carbonyl (C=O) groups excluding carboxylic acids is 1. The maximum absolute atomic E-state index is 12.7. The molecule has 1 aromatic heterocycles. The highest BCUT2D eigenvalue weighted by Gasteiger charge is 2.23. The molecule has 2 heterocycles. The quantitative estimate of drug-likeness (QED) is 0.817. The lowest BCUT2D eigenvalue weighted by Gasteiger charge is -2.32. The highest BCUT2D eigenvalue weighted by atomic mass is 35.5. The Labute approximate surface area is 128 Å². The molecule has 0 aliphatic carbocycles. The van der Waals surface area contributed by atoms with Crippen LogP contribution in [0.4, 0.5) is 5.69 Å². The Morgan fingerprint density at radius 2 is 1.90 bits per heavy atom. The van der Waals surface area contributed by atoms with Crippen LogP contribution in [0.1, 0.15) is 10.5 Å². The van der Waals surface area contributed by atoms with Crippen molar-refractivity contribution in [2.75, 3.05) is 39.0 Å². The Bertz CT molecular complexity index is 695. The minimum absolute atomic E-state index is 0.0459. The van der Waals surface area contributed by atoms with Crippen molar-refractivity contribution in [1.82, 2.24) is 14.8 Å². The summed E-state index contributed by atoms with van der Waals surface area (Å²) in [5.41, 5.74) is 6.93. The molecule has 0 saturated carbocycles. The second kappa shape index (κ2) is 5.50. The van der Waals surface area contributed by atoms with E-state index in [2.05, 4.69) is 16.9 Å². The SMILES string of the molecule is CN1CCN(C(=O)c2nccc3c(N)c(Cl)ccc23)CC1. The molecule has 0 spiro atoms. The number of hydrogen-bond acceptors (Lipinski definition) is 4. The summed E-state index contributed by atoms with van der Waals surface area (Å²) in [7, 11) is 2.06. The zero-order valence-corrected chi connectivity index (χ0v) is 12.6. The summed E-state index contributed by atoms with van der Waals surface area (Å²) in [6.07, 6.45) is 1.61. The van der Waals surface area contributed by atoms with Gasteiger partial charge in [-0.05, 0) is 19.2 Å². The van der Waals surface area contributed by atoms with Crippen LogP contribution in [0.5, 0.6) is 0 Å². The first-order valence-corrected chi connectivity index (χ1v) is 7.26. The van der Waals surface area contributed by atoms with Crippen LogP contribution in [-0.4, -0.2) is 53.9 Å². The van der Waals surface area contributed by atoms with E-state index in [0.29, 0.717) is 16.4 Å². The van der Waals surface area contributed by atoms with E-state index < -0.39 is 0 Å². The normalized spacial score (nSPS) is 16.4. The first kappa shape index (κ1) is 14.1. The van der Waals surface area contributed by atoms with Gasteiger partial charge in [-0.15, -0.1) is 0 Å². The lowest BCUT2D eigenvalue weighted by molar-refractivity contribution is 0.0660. The van der Waals surface area contributed by atoms with Gasteiger partial charge in [0.05, 0.1) is 10.7 Å². The molecule has 21 heavy (non-hydrogen) atoms. The second-order valence-electron chi connectivity index (χ2n) is 5.31. The lowest BCUT2D eigenvalue weighted by atomic mass is 10.1. The molecule has 5 nitrogen and oxygen atoms in total. The summed E-state index contributed by atoms with van der Waals surface area (Å²) >= 11 is 6.04. The first-order valence-electron chi connectivity index (χ1n) is 6.88. The van der Waals surface area contributed by atoms with Crippen molar-refractivity contribution < 1.29 is 4.79 Å². The third kappa shape index (κ3) is 2.54. The van der Waals surface area contributed by atoms with Crippen LogP contribution in [-0.2, 0) is 0 Å². The molecule has 110 valence electrons. The number of benzene rings is 1. The van der Waals surface area contributed by atoms with Crippen LogP contribution in [0.2, 0.25) is 5.02 Å². The van der Waals surface area contributed by atoms with E-state index in [1.165, 1.54) is 0 Å². The van der Waals surface area contributed by atoms with E-state index in [9.17, 15) is 4.79 Å². The molecule has 3 rings (SSSR count). The van der Waals surface area contributed by atoms with Crippen molar-refractivity contribution in [2.24, 2.45) is 0 Å². The van der Waals surface area contributed by atoms with Crippen LogP contribution >= 0.6 is 11.6 Å². The number of fused-ring (bicyclic) bond motifs is 1. The zero-order valence-electron chi connectivity index (χ0n) is 11.8. The third-order valence-corrected chi connectivity index (χ3v) is 4.26. The average molecular weight is 305 g/mol. The molecule has 1 fully saturated rings. The Hall–Kier alpha value is -1.85. The van der Waals surface area contributed by atoms with E-state index in [1.54, 1.807) is 18.3 Å². The number of piperazine rings is 1. The number of nitrogen functional groups attached to an aromatic ring is 1. The number of nitrogens with two attached hydrogens (primary N) is 1. The number of pyridine rings is 1. The van der Waals surface area contributed by atoms with Crippen LogP contribution in [0, 0.1) is 0 Å². The predicted molar refractivity (Wildman–Crippen MR) is 84.6 cm³/mol. The molecule has 0 bridgehead atoms. The summed E-state index contributed by atoms with van der Waals surface area (Å²) in [5, 5.41) is 2.02. The van der Waals surface area contributed by atoms with E-state index in [4.69, 9.17) is 17.3 Å². The van der Waals surface area contributed by atoms with Gasteiger partial charge in [-0.1, -0.05) is 17.7 Å². The highest BCUT2D eigenvalue weighted by Crippen LogP contribution is 2.30. The van der Waals surface area contributed by atoms with Gasteiger partial charge >= 0.3 is 0 Å². The number of anilines is 1. The van der Waals surface area contributed by atoms with Crippen LogP contribution in [0.3, 0.4) is 0 Å². The average Bonchev–Trinajstić information content (AvgIpc) is 2.50. The Balaban J connectivity index is 2.00. The number of likely N-dealkylation sites (N-methyl/N-ethyl adjacent to an activating group) is 1. The number of nitrogens with zero attached hydrogens (tertiary/aromatic N) is 3. The molecular weight excluding hydrogens is 288 g/mol. The molecule has 6 heteroatoms. The monoisotopic (exact) mass is 304 g/mol. The predicted octanol–water partition coefficient (Wildman–Crippen LogP) is 1.86. The number of carbonyl (C=O) groups is 1. The second-order valence-corrected chi connectivity index (χ2v) is 5.72. The number of halogens is 1. The molecule has 0 radical (unpaired) electrons. The van der Waals surface area contributed by atoms with E-state index >= 15 is 0 Å². The molecule has 1 aromatic carbocycles. The fraction of sp³-hybridized carbons (Fsp3) is 0.333. The Morgan fingerprint density at radius 3 is 2.62 bits per heavy atom. The van der Waals surface area contributed by atoms with Crippen LogP contribution in [0.25, 0.3) is 10.8 Å². The zero-order chi connectivity index (χ0) is 15.0. The largest absolute Gasteiger partial charge is 0.397 e. The summed E-state index contributed by atoms with van der Waals surface area (Å²) in [6, 6.07) is 5.31. The standard InChI is InChI=1S/C15H17ClN4O/c1-19-6-8-20(9-7-19)15(21)14-11-2-3-12(16)13(17)10(11)4-5-18-14/h2-5H,6-9,17H2,1H3. The number of aromatic nitrogens is 1. The molecule has 1 aliphatic heterocycles. The Morgan fingerprint density at radius 1 is 1.19 bits per heavy atom. The van der Waals surface area contributed by atoms with Crippen LogP contribution < -0.4 is 5.73 Å². The molecular formula is C15H17ClN4O. The summed E-state index contributed by atoms with van der Waals surface area (Å²) in [5.74, 6) is -0.0459. The van der Waals surface area contributed by atoms with E-state index in [-0.39, 0.29) is 5.91 Å². The topological polar surface area (TPSA) is 62.5 Å². The summed E-state index contributed by atoms with van der Waals surface area (Å²) < 4.78 is 0. The van der Waals surface area contributed by atoms with Crippen molar-refractivity contribution in [3.63, 3.8) is 0 Å². The number of hydrogen-bond donors (Lipinski definition) is 1. The van der Waals surface area contributed by atoms with E-state index in [0.717, 1.165) is 37.0 Å². The Kier molecular flexibility index (Phi) is 3.69. The van der Waals surface area contributed by atoms with Gasteiger partial charge in [0.1, 0.15) is 5.69 Å². The number of rotatable bonds is 1. The molecule has 1 saturated heterocycles. The smallest absolute Gasteiger partial charge is 0.273 e. The van der Waals surface area contributed by atoms with Gasteiger partial charge in [-0.3, -0.25) is 9.78 Å². The molecule has 0 atom stereocenters. The molecule has 0 unspecified atom stereocenters. The minimum atomic E-state index is -0.0459.